The number of ether oxygens (including phenoxy) is 1. The molecule has 0 N–H and O–H groups in total. The van der Waals surface area contributed by atoms with Crippen molar-refractivity contribution in [2.75, 3.05) is 6.61 Å². The molecule has 0 bridgehead atoms. The number of hydrogen-bond donors (Lipinski definition) is 0. The molecular weight excluding hydrogens is 380 g/mol. The molecule has 2 aromatic rings. The molecule has 0 fully saturated rings. The summed E-state index contributed by atoms with van der Waals surface area (Å²) in [5.41, 5.74) is 1.44. The lowest BCUT2D eigenvalue weighted by molar-refractivity contribution is 0.363. The molecule has 1 aromatic carbocycles. The van der Waals surface area contributed by atoms with Gasteiger partial charge in [-0.3, -0.25) is 0 Å². The predicted molar refractivity (Wildman–Crippen MR) is 85.1 cm³/mol. The molecule has 0 saturated heterocycles. The number of benzene rings is 1. The molecule has 0 aliphatic rings. The number of pyridine rings is 1. The summed E-state index contributed by atoms with van der Waals surface area (Å²) in [5, 5.41) is 0.772. The van der Waals surface area contributed by atoms with Gasteiger partial charge in [-0.2, -0.15) is 0 Å². The molecule has 9 heteroatoms. The van der Waals surface area contributed by atoms with E-state index in [9.17, 15) is 8.42 Å². The average Bonchev–Trinajstić information content (AvgIpc) is 2.42. The summed E-state index contributed by atoms with van der Waals surface area (Å²) in [5.74, 6) is 0.313. The van der Waals surface area contributed by atoms with Crippen LogP contribution in [0.25, 0.3) is 10.9 Å². The average molecular weight is 387 g/mol. The van der Waals surface area contributed by atoms with Crippen LogP contribution in [0.3, 0.4) is 0 Å². The van der Waals surface area contributed by atoms with Gasteiger partial charge in [-0.05, 0) is 24.3 Å². The SMILES string of the molecule is O=S(=O)(Cl)c1ccc(OC/C(Cl)=C\Cl)c2nc(Cl)ccc12. The molecule has 0 radical (unpaired) electrons. The highest BCUT2D eigenvalue weighted by molar-refractivity contribution is 8.14. The second kappa shape index (κ2) is 6.58. The van der Waals surface area contributed by atoms with Gasteiger partial charge in [0.25, 0.3) is 9.05 Å². The lowest BCUT2D eigenvalue weighted by atomic mass is 10.2. The maximum Gasteiger partial charge on any atom is 0.261 e. The Morgan fingerprint density at radius 3 is 2.62 bits per heavy atom. The molecule has 1 heterocycles. The van der Waals surface area contributed by atoms with Crippen LogP contribution in [0.1, 0.15) is 0 Å². The molecule has 0 saturated carbocycles. The lowest BCUT2D eigenvalue weighted by Crippen LogP contribution is -2.00. The van der Waals surface area contributed by atoms with E-state index in [1.54, 1.807) is 0 Å². The van der Waals surface area contributed by atoms with Crippen LogP contribution in [0.4, 0.5) is 0 Å². The number of hydrogen-bond acceptors (Lipinski definition) is 4. The molecule has 21 heavy (non-hydrogen) atoms. The second-order valence-corrected chi connectivity index (χ2v) is 7.50. The number of halogens is 4. The molecular formula is C12H7Cl4NO3S. The Morgan fingerprint density at radius 2 is 2.00 bits per heavy atom. The fourth-order valence-corrected chi connectivity index (χ4v) is 2.98. The molecule has 0 amide bonds. The smallest absolute Gasteiger partial charge is 0.261 e. The van der Waals surface area contributed by atoms with E-state index in [0.717, 1.165) is 0 Å². The van der Waals surface area contributed by atoms with E-state index in [0.29, 0.717) is 11.1 Å². The highest BCUT2D eigenvalue weighted by atomic mass is 35.7. The molecule has 112 valence electrons. The van der Waals surface area contributed by atoms with Crippen LogP contribution in [0, 0.1) is 0 Å². The fourth-order valence-electron chi connectivity index (χ4n) is 1.65. The van der Waals surface area contributed by atoms with Gasteiger partial charge in [0.1, 0.15) is 23.0 Å². The van der Waals surface area contributed by atoms with Crippen molar-refractivity contribution in [3.63, 3.8) is 0 Å². The Labute approximate surface area is 140 Å². The van der Waals surface area contributed by atoms with Crippen LogP contribution in [-0.4, -0.2) is 20.0 Å². The summed E-state index contributed by atoms with van der Waals surface area (Å²) < 4.78 is 28.6. The minimum atomic E-state index is -3.92. The number of fused-ring (bicyclic) bond motifs is 1. The van der Waals surface area contributed by atoms with Gasteiger partial charge in [0, 0.05) is 21.6 Å². The highest BCUT2D eigenvalue weighted by Gasteiger charge is 2.18. The Morgan fingerprint density at radius 1 is 1.29 bits per heavy atom. The summed E-state index contributed by atoms with van der Waals surface area (Å²) in [6.07, 6.45) is 0. The molecule has 4 nitrogen and oxygen atoms in total. The second-order valence-electron chi connectivity index (χ2n) is 3.87. The minimum Gasteiger partial charge on any atom is -0.486 e. The third-order valence-electron chi connectivity index (χ3n) is 2.49. The van der Waals surface area contributed by atoms with E-state index in [1.165, 1.54) is 29.8 Å². The number of rotatable bonds is 4. The van der Waals surface area contributed by atoms with Crippen molar-refractivity contribution in [2.24, 2.45) is 0 Å². The Hall–Kier alpha value is -0.720. The third kappa shape index (κ3) is 3.93. The van der Waals surface area contributed by atoms with Gasteiger partial charge in [-0.25, -0.2) is 13.4 Å². The Balaban J connectivity index is 2.61. The molecule has 1 aromatic heterocycles. The largest absolute Gasteiger partial charge is 0.486 e. The zero-order valence-corrected chi connectivity index (χ0v) is 14.0. The molecule has 2 rings (SSSR count). The van der Waals surface area contributed by atoms with Gasteiger partial charge in [-0.15, -0.1) is 0 Å². The first kappa shape index (κ1) is 16.6. The quantitative estimate of drug-likeness (QED) is 0.572. The topological polar surface area (TPSA) is 56.3 Å². The van der Waals surface area contributed by atoms with Crippen molar-refractivity contribution in [3.8, 4) is 5.75 Å². The van der Waals surface area contributed by atoms with Crippen LogP contribution < -0.4 is 4.74 Å². The van der Waals surface area contributed by atoms with Gasteiger partial charge in [0.2, 0.25) is 0 Å². The first-order chi connectivity index (χ1) is 9.82. The van der Waals surface area contributed by atoms with E-state index in [2.05, 4.69) is 4.98 Å². The van der Waals surface area contributed by atoms with Gasteiger partial charge in [0.05, 0.1) is 9.93 Å². The molecule has 0 aliphatic carbocycles. The third-order valence-corrected chi connectivity index (χ3v) is 4.68. The zero-order valence-electron chi connectivity index (χ0n) is 10.2. The van der Waals surface area contributed by atoms with Crippen molar-refractivity contribution < 1.29 is 13.2 Å². The fraction of sp³-hybridized carbons (Fsp3) is 0.0833. The van der Waals surface area contributed by atoms with Crippen molar-refractivity contribution in [1.29, 1.82) is 0 Å². The lowest BCUT2D eigenvalue weighted by Gasteiger charge is -2.10. The van der Waals surface area contributed by atoms with Crippen LogP contribution >= 0.6 is 45.5 Å². The standard InChI is InChI=1S/C12H7Cl4NO3S/c13-5-7(14)6-20-9-2-3-10(21(16,18)19)8-1-4-11(15)17-12(8)9/h1-5H,6H2/b7-5+. The van der Waals surface area contributed by atoms with Crippen LogP contribution in [-0.2, 0) is 9.05 Å². The summed E-state index contributed by atoms with van der Waals surface area (Å²) in [7, 11) is 1.48. The van der Waals surface area contributed by atoms with E-state index >= 15 is 0 Å². The summed E-state index contributed by atoms with van der Waals surface area (Å²) >= 11 is 17.0. The summed E-state index contributed by atoms with van der Waals surface area (Å²) in [6.45, 7) is 0.0152. The van der Waals surface area contributed by atoms with Crippen molar-refractivity contribution in [2.45, 2.75) is 4.90 Å². The molecule has 0 unspecified atom stereocenters. The minimum absolute atomic E-state index is 0.0152. The van der Waals surface area contributed by atoms with E-state index in [4.69, 9.17) is 50.2 Å². The van der Waals surface area contributed by atoms with Gasteiger partial charge >= 0.3 is 0 Å². The highest BCUT2D eigenvalue weighted by Crippen LogP contribution is 2.32. The normalized spacial score (nSPS) is 12.7. The summed E-state index contributed by atoms with van der Waals surface area (Å²) in [4.78, 5) is 4.00. The Kier molecular flexibility index (Phi) is 5.22. The molecule has 0 spiro atoms. The zero-order chi connectivity index (χ0) is 15.6. The van der Waals surface area contributed by atoms with E-state index in [-0.39, 0.29) is 27.2 Å². The molecule has 0 atom stereocenters. The van der Waals surface area contributed by atoms with Gasteiger partial charge in [0.15, 0.2) is 0 Å². The van der Waals surface area contributed by atoms with E-state index < -0.39 is 9.05 Å². The monoisotopic (exact) mass is 385 g/mol. The molecule has 0 aliphatic heterocycles. The van der Waals surface area contributed by atoms with E-state index in [1.807, 2.05) is 0 Å². The summed E-state index contributed by atoms with van der Waals surface area (Å²) in [6, 6.07) is 5.73. The predicted octanol–water partition coefficient (Wildman–Crippen LogP) is 4.51. The first-order valence-corrected chi connectivity index (χ1v) is 8.94. The Bertz CT molecular complexity index is 821. The van der Waals surface area contributed by atoms with Gasteiger partial charge in [-0.1, -0.05) is 34.8 Å². The maximum atomic E-state index is 11.6. The number of nitrogens with zero attached hydrogens (tertiary/aromatic N) is 1. The number of aromatic nitrogens is 1. The van der Waals surface area contributed by atoms with Gasteiger partial charge < -0.3 is 4.74 Å². The van der Waals surface area contributed by atoms with Crippen molar-refractivity contribution in [1.82, 2.24) is 4.98 Å². The van der Waals surface area contributed by atoms with Crippen molar-refractivity contribution >= 4 is 65.4 Å². The van der Waals surface area contributed by atoms with Crippen molar-refractivity contribution in [3.05, 3.63) is 40.0 Å². The van der Waals surface area contributed by atoms with Crippen LogP contribution in [0.5, 0.6) is 5.75 Å². The van der Waals surface area contributed by atoms with Crippen LogP contribution in [0.15, 0.2) is 39.7 Å². The maximum absolute atomic E-state index is 11.6. The first-order valence-electron chi connectivity index (χ1n) is 5.44. The van der Waals surface area contributed by atoms with Crippen LogP contribution in [0.2, 0.25) is 5.15 Å².